The summed E-state index contributed by atoms with van der Waals surface area (Å²) in [5.74, 6) is -0.773. The monoisotopic (exact) mass is 535 g/mol. The SMILES string of the molecule is Cc1ccc(N(CC(=O)N(Cc2ccccc2C)[C@@H](C)C(=O)NC(C)C)S(=O)(=O)c2ccccc2)c(C)c1. The molecule has 38 heavy (non-hydrogen) atoms. The quantitative estimate of drug-likeness (QED) is 0.406. The van der Waals surface area contributed by atoms with Crippen molar-refractivity contribution in [1.29, 1.82) is 0 Å². The predicted molar refractivity (Wildman–Crippen MR) is 151 cm³/mol. The van der Waals surface area contributed by atoms with Crippen LogP contribution in [-0.4, -0.2) is 43.8 Å². The molecule has 7 nitrogen and oxygen atoms in total. The highest BCUT2D eigenvalue weighted by Crippen LogP contribution is 2.28. The first-order valence-corrected chi connectivity index (χ1v) is 14.1. The first-order valence-electron chi connectivity index (χ1n) is 12.7. The number of aryl methyl sites for hydroxylation is 3. The highest BCUT2D eigenvalue weighted by atomic mass is 32.2. The lowest BCUT2D eigenvalue weighted by Crippen LogP contribution is -2.52. The second kappa shape index (κ2) is 12.3. The van der Waals surface area contributed by atoms with E-state index in [0.717, 1.165) is 26.6 Å². The van der Waals surface area contributed by atoms with Gasteiger partial charge in [0.05, 0.1) is 10.6 Å². The van der Waals surface area contributed by atoms with Crippen LogP contribution in [0.15, 0.2) is 77.7 Å². The van der Waals surface area contributed by atoms with E-state index in [1.54, 1.807) is 31.2 Å². The van der Waals surface area contributed by atoms with Gasteiger partial charge in [-0.15, -0.1) is 0 Å². The third-order valence-corrected chi connectivity index (χ3v) is 8.21. The number of carbonyl (C=O) groups excluding carboxylic acids is 2. The highest BCUT2D eigenvalue weighted by molar-refractivity contribution is 7.92. The highest BCUT2D eigenvalue weighted by Gasteiger charge is 2.33. The fourth-order valence-electron chi connectivity index (χ4n) is 4.28. The lowest BCUT2D eigenvalue weighted by atomic mass is 10.1. The van der Waals surface area contributed by atoms with E-state index >= 15 is 0 Å². The summed E-state index contributed by atoms with van der Waals surface area (Å²) in [6.07, 6.45) is 0. The van der Waals surface area contributed by atoms with E-state index in [9.17, 15) is 18.0 Å². The minimum Gasteiger partial charge on any atom is -0.352 e. The summed E-state index contributed by atoms with van der Waals surface area (Å²) < 4.78 is 28.9. The fourth-order valence-corrected chi connectivity index (χ4v) is 5.78. The molecule has 0 heterocycles. The smallest absolute Gasteiger partial charge is 0.264 e. The maximum Gasteiger partial charge on any atom is 0.264 e. The minimum atomic E-state index is -4.08. The first kappa shape index (κ1) is 28.9. The summed E-state index contributed by atoms with van der Waals surface area (Å²) in [4.78, 5) is 28.5. The summed E-state index contributed by atoms with van der Waals surface area (Å²) in [6, 6.07) is 20.2. The van der Waals surface area contributed by atoms with Crippen LogP contribution in [0.5, 0.6) is 0 Å². The summed E-state index contributed by atoms with van der Waals surface area (Å²) in [5.41, 5.74) is 3.99. The van der Waals surface area contributed by atoms with E-state index < -0.39 is 28.5 Å². The number of sulfonamides is 1. The van der Waals surface area contributed by atoms with E-state index in [2.05, 4.69) is 5.32 Å². The van der Waals surface area contributed by atoms with Gasteiger partial charge in [0.25, 0.3) is 10.0 Å². The number of anilines is 1. The Labute approximate surface area is 226 Å². The van der Waals surface area contributed by atoms with E-state index in [1.807, 2.05) is 71.0 Å². The molecular formula is C30H37N3O4S. The number of benzene rings is 3. The normalized spacial score (nSPS) is 12.2. The topological polar surface area (TPSA) is 86.8 Å². The van der Waals surface area contributed by atoms with Crippen LogP contribution in [0.2, 0.25) is 0 Å². The van der Waals surface area contributed by atoms with Gasteiger partial charge in [-0.05, 0) is 76.4 Å². The van der Waals surface area contributed by atoms with Gasteiger partial charge in [-0.3, -0.25) is 13.9 Å². The fraction of sp³-hybridized carbons (Fsp3) is 0.333. The second-order valence-corrected chi connectivity index (χ2v) is 11.8. The van der Waals surface area contributed by atoms with Crippen molar-refractivity contribution in [2.45, 2.75) is 65.1 Å². The largest absolute Gasteiger partial charge is 0.352 e. The molecular weight excluding hydrogens is 498 g/mol. The van der Waals surface area contributed by atoms with Crippen molar-refractivity contribution in [3.05, 3.63) is 95.1 Å². The molecule has 0 spiro atoms. The molecule has 0 aliphatic heterocycles. The average Bonchev–Trinajstić information content (AvgIpc) is 2.86. The molecule has 0 bridgehead atoms. The number of hydrogen-bond donors (Lipinski definition) is 1. The number of amides is 2. The van der Waals surface area contributed by atoms with Crippen LogP contribution in [0.4, 0.5) is 5.69 Å². The molecule has 1 atom stereocenters. The summed E-state index contributed by atoms with van der Waals surface area (Å²) >= 11 is 0. The van der Waals surface area contributed by atoms with Crippen molar-refractivity contribution in [2.75, 3.05) is 10.8 Å². The standard InChI is InChI=1S/C30H37N3O4S/c1-21(2)31-30(35)25(6)32(19-26-13-11-10-12-23(26)4)29(34)20-33(28-17-16-22(3)18-24(28)5)38(36,37)27-14-8-7-9-15-27/h7-18,21,25H,19-20H2,1-6H3,(H,31,35)/t25-/m0/s1. The van der Waals surface area contributed by atoms with Crippen molar-refractivity contribution in [3.8, 4) is 0 Å². The van der Waals surface area contributed by atoms with Crippen molar-refractivity contribution in [1.82, 2.24) is 10.2 Å². The number of rotatable bonds is 10. The molecule has 2 amide bonds. The van der Waals surface area contributed by atoms with Gasteiger partial charge in [0.1, 0.15) is 12.6 Å². The van der Waals surface area contributed by atoms with Crippen molar-refractivity contribution in [3.63, 3.8) is 0 Å². The molecule has 0 aliphatic carbocycles. The summed E-state index contributed by atoms with van der Waals surface area (Å²) in [5, 5.41) is 2.87. The van der Waals surface area contributed by atoms with Crippen molar-refractivity contribution in [2.24, 2.45) is 0 Å². The van der Waals surface area contributed by atoms with Crippen molar-refractivity contribution < 1.29 is 18.0 Å². The molecule has 0 unspecified atom stereocenters. The van der Waals surface area contributed by atoms with Crippen LogP contribution in [-0.2, 0) is 26.2 Å². The van der Waals surface area contributed by atoms with E-state index in [1.165, 1.54) is 17.0 Å². The Morgan fingerprint density at radius 3 is 2.08 bits per heavy atom. The third kappa shape index (κ3) is 6.81. The van der Waals surface area contributed by atoms with Gasteiger partial charge < -0.3 is 10.2 Å². The van der Waals surface area contributed by atoms with Gasteiger partial charge >= 0.3 is 0 Å². The van der Waals surface area contributed by atoms with Crippen LogP contribution >= 0.6 is 0 Å². The maximum atomic E-state index is 14.0. The molecule has 3 aromatic rings. The average molecular weight is 536 g/mol. The molecule has 3 rings (SSSR count). The van der Waals surface area contributed by atoms with Gasteiger partial charge in [-0.1, -0.05) is 60.2 Å². The molecule has 0 radical (unpaired) electrons. The minimum absolute atomic E-state index is 0.0869. The Morgan fingerprint density at radius 1 is 0.842 bits per heavy atom. The Kier molecular flexibility index (Phi) is 9.33. The molecule has 0 fully saturated rings. The van der Waals surface area contributed by atoms with Crippen LogP contribution in [0.25, 0.3) is 0 Å². The van der Waals surface area contributed by atoms with Gasteiger partial charge in [-0.2, -0.15) is 0 Å². The van der Waals surface area contributed by atoms with E-state index in [4.69, 9.17) is 0 Å². The zero-order valence-electron chi connectivity index (χ0n) is 22.9. The number of carbonyl (C=O) groups is 2. The predicted octanol–water partition coefficient (Wildman–Crippen LogP) is 4.75. The third-order valence-electron chi connectivity index (χ3n) is 6.43. The molecule has 0 saturated heterocycles. The number of nitrogens with one attached hydrogen (secondary N) is 1. The lowest BCUT2D eigenvalue weighted by molar-refractivity contribution is -0.139. The summed E-state index contributed by atoms with van der Waals surface area (Å²) in [7, 11) is -4.08. The number of nitrogens with zero attached hydrogens (tertiary/aromatic N) is 2. The first-order chi connectivity index (χ1) is 17.9. The van der Waals surface area contributed by atoms with E-state index in [0.29, 0.717) is 5.69 Å². The van der Waals surface area contributed by atoms with Gasteiger partial charge in [0, 0.05) is 12.6 Å². The molecule has 0 aliphatic rings. The summed E-state index contributed by atoms with van der Waals surface area (Å²) in [6.45, 7) is 10.8. The Bertz CT molecular complexity index is 1390. The van der Waals surface area contributed by atoms with Gasteiger partial charge in [0.2, 0.25) is 11.8 Å². The van der Waals surface area contributed by atoms with Crippen LogP contribution in [0, 0.1) is 20.8 Å². The van der Waals surface area contributed by atoms with Crippen LogP contribution in [0.1, 0.15) is 43.0 Å². The molecule has 3 aromatic carbocycles. The van der Waals surface area contributed by atoms with Crippen LogP contribution < -0.4 is 9.62 Å². The zero-order valence-corrected chi connectivity index (χ0v) is 23.7. The van der Waals surface area contributed by atoms with E-state index in [-0.39, 0.29) is 23.4 Å². The molecule has 0 saturated carbocycles. The zero-order chi connectivity index (χ0) is 28.0. The molecule has 202 valence electrons. The lowest BCUT2D eigenvalue weighted by Gasteiger charge is -2.33. The van der Waals surface area contributed by atoms with Gasteiger partial charge in [-0.25, -0.2) is 8.42 Å². The van der Waals surface area contributed by atoms with Gasteiger partial charge in [0.15, 0.2) is 0 Å². The second-order valence-electron chi connectivity index (χ2n) is 9.90. The maximum absolute atomic E-state index is 14.0. The molecule has 0 aromatic heterocycles. The molecule has 1 N–H and O–H groups in total. The molecule has 8 heteroatoms. The van der Waals surface area contributed by atoms with Crippen molar-refractivity contribution >= 4 is 27.5 Å². The Morgan fingerprint density at radius 2 is 1.47 bits per heavy atom. The number of hydrogen-bond acceptors (Lipinski definition) is 4. The Hall–Kier alpha value is -3.65. The van der Waals surface area contributed by atoms with Crippen LogP contribution in [0.3, 0.4) is 0 Å². The Balaban J connectivity index is 2.07.